The third kappa shape index (κ3) is 1.79. The van der Waals surface area contributed by atoms with Crippen molar-refractivity contribution in [3.05, 3.63) is 35.4 Å². The number of nitrogens with zero attached hydrogens (tertiary/aromatic N) is 1. The summed E-state index contributed by atoms with van der Waals surface area (Å²) in [5.41, 5.74) is 0.335. The van der Waals surface area contributed by atoms with Gasteiger partial charge < -0.3 is 4.90 Å². The van der Waals surface area contributed by atoms with Gasteiger partial charge in [-0.15, -0.1) is 0 Å². The van der Waals surface area contributed by atoms with Crippen molar-refractivity contribution in [3.63, 3.8) is 0 Å². The summed E-state index contributed by atoms with van der Waals surface area (Å²) < 4.78 is 26.7. The van der Waals surface area contributed by atoms with E-state index in [4.69, 9.17) is 0 Å². The summed E-state index contributed by atoms with van der Waals surface area (Å²) in [7, 11) is 0. The van der Waals surface area contributed by atoms with Gasteiger partial charge in [-0.1, -0.05) is 6.92 Å². The minimum Gasteiger partial charge on any atom is -0.318 e. The van der Waals surface area contributed by atoms with Gasteiger partial charge in [-0.2, -0.15) is 0 Å². The van der Waals surface area contributed by atoms with Gasteiger partial charge in [0.15, 0.2) is 0 Å². The lowest BCUT2D eigenvalue weighted by atomic mass is 10.1. The Kier molecular flexibility index (Phi) is 2.59. The summed E-state index contributed by atoms with van der Waals surface area (Å²) in [5.74, 6) is -0.773. The van der Waals surface area contributed by atoms with Crippen molar-refractivity contribution in [1.29, 1.82) is 0 Å². The highest BCUT2D eigenvalue weighted by atomic mass is 19.1. The van der Waals surface area contributed by atoms with E-state index < -0.39 is 17.8 Å². The standard InChI is InChI=1S/C13H14F2N2O/c1-7-4-11(7)17-12(18)6-16-13(17)9-3-2-8(14)5-10(9)15/h2-3,5,7,11,13,16H,4,6H2,1H3. The highest BCUT2D eigenvalue weighted by Gasteiger charge is 2.47. The normalized spacial score (nSPS) is 30.9. The highest BCUT2D eigenvalue weighted by molar-refractivity contribution is 5.81. The number of rotatable bonds is 2. The molecule has 3 unspecified atom stereocenters. The smallest absolute Gasteiger partial charge is 0.238 e. The summed E-state index contributed by atoms with van der Waals surface area (Å²) in [4.78, 5) is 13.5. The summed E-state index contributed by atoms with van der Waals surface area (Å²) in [6.45, 7) is 2.28. The van der Waals surface area contributed by atoms with Crippen molar-refractivity contribution < 1.29 is 13.6 Å². The molecule has 1 aliphatic heterocycles. The SMILES string of the molecule is CC1CC1N1C(=O)CNC1c1ccc(F)cc1F. The van der Waals surface area contributed by atoms with Gasteiger partial charge in [0, 0.05) is 17.7 Å². The number of benzene rings is 1. The summed E-state index contributed by atoms with van der Waals surface area (Å²) in [6, 6.07) is 3.66. The van der Waals surface area contributed by atoms with Crippen molar-refractivity contribution >= 4 is 5.91 Å². The third-order valence-electron chi connectivity index (χ3n) is 3.69. The van der Waals surface area contributed by atoms with E-state index in [1.165, 1.54) is 12.1 Å². The topological polar surface area (TPSA) is 32.3 Å². The van der Waals surface area contributed by atoms with Crippen LogP contribution in [-0.2, 0) is 4.79 Å². The number of hydrogen-bond donors (Lipinski definition) is 1. The molecule has 1 saturated carbocycles. The molecule has 3 nitrogen and oxygen atoms in total. The van der Waals surface area contributed by atoms with E-state index in [1.54, 1.807) is 4.90 Å². The minimum absolute atomic E-state index is 0.0157. The number of carbonyl (C=O) groups is 1. The van der Waals surface area contributed by atoms with Crippen LogP contribution < -0.4 is 5.32 Å². The zero-order valence-electron chi connectivity index (χ0n) is 9.99. The average Bonchev–Trinajstić information content (AvgIpc) is 2.89. The summed E-state index contributed by atoms with van der Waals surface area (Å²) in [6.07, 6.45) is 0.486. The van der Waals surface area contributed by atoms with Crippen molar-refractivity contribution in [1.82, 2.24) is 10.2 Å². The predicted molar refractivity (Wildman–Crippen MR) is 61.5 cm³/mol. The van der Waals surface area contributed by atoms with Crippen LogP contribution in [0.25, 0.3) is 0 Å². The van der Waals surface area contributed by atoms with E-state index in [1.807, 2.05) is 0 Å². The molecular formula is C13H14F2N2O. The van der Waals surface area contributed by atoms with Crippen LogP contribution in [0.2, 0.25) is 0 Å². The summed E-state index contributed by atoms with van der Waals surface area (Å²) >= 11 is 0. The zero-order valence-corrected chi connectivity index (χ0v) is 9.99. The van der Waals surface area contributed by atoms with E-state index >= 15 is 0 Å². The number of carbonyl (C=O) groups excluding carboxylic acids is 1. The second kappa shape index (κ2) is 4.02. The van der Waals surface area contributed by atoms with Gasteiger partial charge >= 0.3 is 0 Å². The minimum atomic E-state index is -0.611. The number of nitrogens with one attached hydrogen (secondary N) is 1. The molecule has 2 fully saturated rings. The molecule has 1 aromatic rings. The quantitative estimate of drug-likeness (QED) is 0.870. The second-order valence-electron chi connectivity index (χ2n) is 5.03. The molecule has 18 heavy (non-hydrogen) atoms. The van der Waals surface area contributed by atoms with Crippen molar-refractivity contribution in [2.45, 2.75) is 25.6 Å². The van der Waals surface area contributed by atoms with Crippen LogP contribution in [0.5, 0.6) is 0 Å². The molecule has 0 bridgehead atoms. The molecule has 2 aliphatic rings. The Morgan fingerprint density at radius 3 is 2.72 bits per heavy atom. The molecule has 0 radical (unpaired) electrons. The molecular weight excluding hydrogens is 238 g/mol. The maximum Gasteiger partial charge on any atom is 0.238 e. The van der Waals surface area contributed by atoms with Gasteiger partial charge in [0.05, 0.1) is 6.54 Å². The van der Waals surface area contributed by atoms with Gasteiger partial charge in [0.25, 0.3) is 0 Å². The molecule has 1 amide bonds. The fraction of sp³-hybridized carbons (Fsp3) is 0.462. The fourth-order valence-corrected chi connectivity index (χ4v) is 2.57. The summed E-state index contributed by atoms with van der Waals surface area (Å²) in [5, 5.41) is 2.99. The van der Waals surface area contributed by atoms with Crippen LogP contribution in [-0.4, -0.2) is 23.4 Å². The van der Waals surface area contributed by atoms with Crippen molar-refractivity contribution in [2.75, 3.05) is 6.54 Å². The molecule has 1 aromatic carbocycles. The predicted octanol–water partition coefficient (Wildman–Crippen LogP) is 1.80. The lowest BCUT2D eigenvalue weighted by Crippen LogP contribution is -2.33. The van der Waals surface area contributed by atoms with E-state index in [2.05, 4.69) is 12.2 Å². The molecule has 0 spiro atoms. The van der Waals surface area contributed by atoms with Crippen LogP contribution in [0.4, 0.5) is 8.78 Å². The zero-order chi connectivity index (χ0) is 12.9. The molecule has 5 heteroatoms. The Morgan fingerprint density at radius 2 is 2.11 bits per heavy atom. The molecule has 0 aromatic heterocycles. The first-order chi connectivity index (χ1) is 8.58. The number of amides is 1. The third-order valence-corrected chi connectivity index (χ3v) is 3.69. The number of hydrogen-bond acceptors (Lipinski definition) is 2. The van der Waals surface area contributed by atoms with E-state index in [9.17, 15) is 13.6 Å². The van der Waals surface area contributed by atoms with Gasteiger partial charge in [0.1, 0.15) is 17.8 Å². The van der Waals surface area contributed by atoms with Crippen molar-refractivity contribution in [3.8, 4) is 0 Å². The Morgan fingerprint density at radius 1 is 1.39 bits per heavy atom. The Hall–Kier alpha value is -1.49. The van der Waals surface area contributed by atoms with Gasteiger partial charge in [-0.05, 0) is 24.5 Å². The molecule has 3 rings (SSSR count). The van der Waals surface area contributed by atoms with Crippen LogP contribution in [0.1, 0.15) is 25.1 Å². The molecule has 3 atom stereocenters. The van der Waals surface area contributed by atoms with Crippen LogP contribution in [0.15, 0.2) is 18.2 Å². The molecule has 1 saturated heterocycles. The maximum absolute atomic E-state index is 13.8. The van der Waals surface area contributed by atoms with Crippen LogP contribution in [0.3, 0.4) is 0 Å². The van der Waals surface area contributed by atoms with Crippen LogP contribution in [0, 0.1) is 17.6 Å². The van der Waals surface area contributed by atoms with Gasteiger partial charge in [0.2, 0.25) is 5.91 Å². The van der Waals surface area contributed by atoms with E-state index in [0.717, 1.165) is 12.5 Å². The molecule has 96 valence electrons. The van der Waals surface area contributed by atoms with Gasteiger partial charge in [-0.25, -0.2) is 8.78 Å². The lowest BCUT2D eigenvalue weighted by molar-refractivity contribution is -0.128. The average molecular weight is 252 g/mol. The van der Waals surface area contributed by atoms with E-state index in [-0.39, 0.29) is 18.5 Å². The highest BCUT2D eigenvalue weighted by Crippen LogP contribution is 2.41. The maximum atomic E-state index is 13.8. The van der Waals surface area contributed by atoms with Crippen LogP contribution >= 0.6 is 0 Å². The van der Waals surface area contributed by atoms with E-state index in [0.29, 0.717) is 11.5 Å². The Balaban J connectivity index is 1.93. The molecule has 1 heterocycles. The number of halogens is 2. The Bertz CT molecular complexity index is 506. The molecule has 1 N–H and O–H groups in total. The first-order valence-electron chi connectivity index (χ1n) is 6.07. The largest absolute Gasteiger partial charge is 0.318 e. The van der Waals surface area contributed by atoms with Gasteiger partial charge in [-0.3, -0.25) is 10.1 Å². The molecule has 1 aliphatic carbocycles. The second-order valence-corrected chi connectivity index (χ2v) is 5.03. The Labute approximate surface area is 104 Å². The van der Waals surface area contributed by atoms with Crippen molar-refractivity contribution in [2.24, 2.45) is 5.92 Å². The lowest BCUT2D eigenvalue weighted by Gasteiger charge is -2.25. The monoisotopic (exact) mass is 252 g/mol. The first-order valence-corrected chi connectivity index (χ1v) is 6.07. The first kappa shape index (κ1) is 11.6. The fourth-order valence-electron chi connectivity index (χ4n) is 2.57.